The quantitative estimate of drug-likeness (QED) is 0.185. The number of ether oxygens (including phenoxy) is 1. The zero-order valence-electron chi connectivity index (χ0n) is 21.2. The molecule has 220 valence electrons. The minimum absolute atomic E-state index is 0.00450. The standard InChI is InChI=1S/C27H20BrF5N4O5/c28-23-22(15-1-3-16(4-2-15)27(31,32)33)36-25(42-23)19(41-18-6-5-17(29)20(21(18)30)24(34)38)9-12-37(26(39)40)13-14-7-10-35-11-8-14/h1-8,10-11,19H,9,12-13H2,(H2,34,38)(H,39,40). The number of nitrogens with zero attached hydrogens (tertiary/aromatic N) is 3. The van der Waals surface area contributed by atoms with E-state index in [1.54, 1.807) is 12.1 Å². The fourth-order valence-corrected chi connectivity index (χ4v) is 4.39. The van der Waals surface area contributed by atoms with Gasteiger partial charge in [0.1, 0.15) is 17.1 Å². The van der Waals surface area contributed by atoms with Crippen molar-refractivity contribution >= 4 is 27.9 Å². The van der Waals surface area contributed by atoms with E-state index in [-0.39, 0.29) is 41.3 Å². The van der Waals surface area contributed by atoms with Crippen molar-refractivity contribution in [1.82, 2.24) is 14.9 Å². The molecule has 3 N–H and O–H groups in total. The number of carbonyl (C=O) groups is 2. The van der Waals surface area contributed by atoms with Crippen LogP contribution in [0, 0.1) is 11.6 Å². The smallest absolute Gasteiger partial charge is 0.416 e. The summed E-state index contributed by atoms with van der Waals surface area (Å²) in [7, 11) is 0. The molecular formula is C27H20BrF5N4O5. The van der Waals surface area contributed by atoms with Gasteiger partial charge < -0.3 is 24.9 Å². The van der Waals surface area contributed by atoms with Crippen LogP contribution in [0.1, 0.15) is 39.9 Å². The van der Waals surface area contributed by atoms with Crippen LogP contribution in [0.4, 0.5) is 26.7 Å². The molecule has 0 saturated carbocycles. The summed E-state index contributed by atoms with van der Waals surface area (Å²) in [5.74, 6) is -4.81. The molecule has 0 aliphatic rings. The molecule has 42 heavy (non-hydrogen) atoms. The van der Waals surface area contributed by atoms with Gasteiger partial charge in [0.25, 0.3) is 5.91 Å². The molecule has 0 bridgehead atoms. The highest BCUT2D eigenvalue weighted by atomic mass is 79.9. The van der Waals surface area contributed by atoms with Crippen LogP contribution < -0.4 is 10.5 Å². The van der Waals surface area contributed by atoms with Crippen LogP contribution in [0.5, 0.6) is 5.75 Å². The molecule has 0 saturated heterocycles. The Hall–Kier alpha value is -4.53. The first-order valence-electron chi connectivity index (χ1n) is 12.0. The summed E-state index contributed by atoms with van der Waals surface area (Å²) in [6.45, 7) is -0.225. The topological polar surface area (TPSA) is 132 Å². The van der Waals surface area contributed by atoms with Crippen molar-refractivity contribution in [2.75, 3.05) is 6.54 Å². The predicted molar refractivity (Wildman–Crippen MR) is 140 cm³/mol. The molecule has 4 aromatic rings. The Morgan fingerprint density at radius 2 is 1.74 bits per heavy atom. The molecule has 15 heteroatoms. The minimum atomic E-state index is -4.56. The van der Waals surface area contributed by atoms with Gasteiger partial charge in [-0.15, -0.1) is 0 Å². The fourth-order valence-electron chi connectivity index (χ4n) is 3.91. The maximum absolute atomic E-state index is 15.0. The molecular weight excluding hydrogens is 635 g/mol. The number of alkyl halides is 3. The van der Waals surface area contributed by atoms with Gasteiger partial charge in [0.05, 0.1) is 5.56 Å². The Morgan fingerprint density at radius 1 is 1.07 bits per heavy atom. The van der Waals surface area contributed by atoms with Gasteiger partial charge in [0.15, 0.2) is 22.3 Å². The summed E-state index contributed by atoms with van der Waals surface area (Å²) >= 11 is 3.17. The van der Waals surface area contributed by atoms with E-state index >= 15 is 4.39 Å². The Morgan fingerprint density at radius 3 is 2.33 bits per heavy atom. The zero-order valence-corrected chi connectivity index (χ0v) is 22.8. The van der Waals surface area contributed by atoms with Gasteiger partial charge in [-0.2, -0.15) is 13.2 Å². The van der Waals surface area contributed by atoms with Crippen LogP contribution in [-0.4, -0.2) is 38.5 Å². The van der Waals surface area contributed by atoms with Crippen molar-refractivity contribution in [2.45, 2.75) is 25.2 Å². The number of benzene rings is 2. The summed E-state index contributed by atoms with van der Waals surface area (Å²) in [6, 6.07) is 8.96. The lowest BCUT2D eigenvalue weighted by Crippen LogP contribution is -2.31. The van der Waals surface area contributed by atoms with Crippen molar-refractivity contribution in [3.63, 3.8) is 0 Å². The zero-order chi connectivity index (χ0) is 30.6. The van der Waals surface area contributed by atoms with Crippen LogP contribution in [0.15, 0.2) is 70.0 Å². The summed E-state index contributed by atoms with van der Waals surface area (Å²) in [5, 5.41) is 9.75. The molecule has 4 rings (SSSR count). The Balaban J connectivity index is 1.68. The number of carboxylic acid groups (broad SMARTS) is 1. The van der Waals surface area contributed by atoms with E-state index in [1.165, 1.54) is 24.5 Å². The number of carbonyl (C=O) groups excluding carboxylic acids is 1. The number of amides is 2. The van der Waals surface area contributed by atoms with Crippen LogP contribution in [0.25, 0.3) is 11.3 Å². The van der Waals surface area contributed by atoms with Crippen LogP contribution in [-0.2, 0) is 12.7 Å². The minimum Gasteiger partial charge on any atom is -0.478 e. The number of aromatic nitrogens is 2. The number of nitrogens with two attached hydrogens (primary N) is 1. The summed E-state index contributed by atoms with van der Waals surface area (Å²) in [6.07, 6.45) is -4.36. The number of oxazole rings is 1. The Labute approximate surface area is 242 Å². The molecule has 2 heterocycles. The molecule has 0 spiro atoms. The molecule has 2 aromatic heterocycles. The van der Waals surface area contributed by atoms with Gasteiger partial charge in [0.2, 0.25) is 5.89 Å². The predicted octanol–water partition coefficient (Wildman–Crippen LogP) is 6.59. The van der Waals surface area contributed by atoms with E-state index in [1.807, 2.05) is 0 Å². The van der Waals surface area contributed by atoms with Crippen molar-refractivity contribution in [3.05, 3.63) is 99.8 Å². The Bertz CT molecular complexity index is 1580. The van der Waals surface area contributed by atoms with E-state index < -0.39 is 52.8 Å². The highest BCUT2D eigenvalue weighted by Crippen LogP contribution is 2.36. The number of primary amides is 1. The maximum atomic E-state index is 15.0. The first-order valence-corrected chi connectivity index (χ1v) is 12.8. The van der Waals surface area contributed by atoms with Crippen molar-refractivity contribution in [1.29, 1.82) is 0 Å². The van der Waals surface area contributed by atoms with Gasteiger partial charge in [-0.25, -0.2) is 18.6 Å². The van der Waals surface area contributed by atoms with Gasteiger partial charge in [-0.05, 0) is 57.9 Å². The van der Waals surface area contributed by atoms with E-state index in [2.05, 4.69) is 25.9 Å². The van der Waals surface area contributed by atoms with E-state index in [9.17, 15) is 32.3 Å². The molecule has 9 nitrogen and oxygen atoms in total. The van der Waals surface area contributed by atoms with Gasteiger partial charge in [0, 0.05) is 37.5 Å². The van der Waals surface area contributed by atoms with E-state index in [4.69, 9.17) is 14.9 Å². The first kappa shape index (κ1) is 30.4. The van der Waals surface area contributed by atoms with Gasteiger partial charge in [-0.3, -0.25) is 9.78 Å². The lowest BCUT2D eigenvalue weighted by molar-refractivity contribution is -0.137. The van der Waals surface area contributed by atoms with Crippen LogP contribution in [0.3, 0.4) is 0 Å². The average Bonchev–Trinajstić information content (AvgIpc) is 3.32. The number of halogens is 6. The molecule has 0 aliphatic carbocycles. The van der Waals surface area contributed by atoms with Crippen molar-refractivity contribution in [3.8, 4) is 17.0 Å². The SMILES string of the molecule is NC(=O)c1c(F)ccc(OC(CCN(Cc2ccncc2)C(=O)O)c2nc(-c3ccc(C(F)(F)F)cc3)c(Br)o2)c1F. The van der Waals surface area contributed by atoms with Gasteiger partial charge >= 0.3 is 12.3 Å². The normalized spacial score (nSPS) is 12.1. The molecule has 0 aliphatic heterocycles. The lowest BCUT2D eigenvalue weighted by atomic mass is 10.1. The van der Waals surface area contributed by atoms with E-state index in [0.717, 1.165) is 29.2 Å². The second-order valence-electron chi connectivity index (χ2n) is 8.80. The second kappa shape index (κ2) is 12.5. The number of hydrogen-bond acceptors (Lipinski definition) is 6. The van der Waals surface area contributed by atoms with Crippen molar-refractivity contribution in [2.24, 2.45) is 5.73 Å². The van der Waals surface area contributed by atoms with Crippen LogP contribution in [0.2, 0.25) is 0 Å². The molecule has 0 fully saturated rings. The number of pyridine rings is 1. The third-order valence-electron chi connectivity index (χ3n) is 5.99. The molecule has 2 amide bonds. The average molecular weight is 655 g/mol. The molecule has 0 radical (unpaired) electrons. The van der Waals surface area contributed by atoms with E-state index in [0.29, 0.717) is 5.56 Å². The largest absolute Gasteiger partial charge is 0.478 e. The summed E-state index contributed by atoms with van der Waals surface area (Å²) < 4.78 is 79.5. The fraction of sp³-hybridized carbons (Fsp3) is 0.185. The summed E-state index contributed by atoms with van der Waals surface area (Å²) in [5.41, 5.74) is 4.11. The lowest BCUT2D eigenvalue weighted by Gasteiger charge is -2.23. The molecule has 1 atom stereocenters. The molecule has 1 unspecified atom stereocenters. The van der Waals surface area contributed by atoms with Crippen LogP contribution >= 0.6 is 15.9 Å². The highest BCUT2D eigenvalue weighted by molar-refractivity contribution is 9.10. The van der Waals surface area contributed by atoms with Gasteiger partial charge in [-0.1, -0.05) is 12.1 Å². The third kappa shape index (κ3) is 7.02. The monoisotopic (exact) mass is 654 g/mol. The highest BCUT2D eigenvalue weighted by Gasteiger charge is 2.31. The maximum Gasteiger partial charge on any atom is 0.416 e. The van der Waals surface area contributed by atoms with Crippen molar-refractivity contribution < 1.29 is 45.8 Å². The first-order chi connectivity index (χ1) is 19.8. The second-order valence-corrected chi connectivity index (χ2v) is 9.52. The molecule has 2 aromatic carbocycles. The summed E-state index contributed by atoms with van der Waals surface area (Å²) in [4.78, 5) is 32.8. The Kier molecular flexibility index (Phi) is 9.09. The number of rotatable bonds is 10. The third-order valence-corrected chi connectivity index (χ3v) is 6.53. The number of hydrogen-bond donors (Lipinski definition) is 2.